The molecule has 0 saturated carbocycles. The average Bonchev–Trinajstić information content (AvgIpc) is 2.38. The molecule has 0 aliphatic carbocycles. The van der Waals surface area contributed by atoms with Crippen LogP contribution in [-0.2, 0) is 9.53 Å². The van der Waals surface area contributed by atoms with E-state index in [0.29, 0.717) is 13.2 Å². The molecular formula is C14H28N2O3. The van der Waals surface area contributed by atoms with Crippen LogP contribution in [-0.4, -0.2) is 59.4 Å². The number of aliphatic hydroxyl groups excluding tert-OH is 1. The number of morpholine rings is 1. The molecule has 19 heavy (non-hydrogen) atoms. The lowest BCUT2D eigenvalue weighted by Gasteiger charge is -2.41. The molecule has 0 aromatic rings. The Morgan fingerprint density at radius 1 is 1.58 bits per heavy atom. The minimum absolute atomic E-state index is 0.00197. The van der Waals surface area contributed by atoms with Crippen molar-refractivity contribution in [3.05, 3.63) is 0 Å². The van der Waals surface area contributed by atoms with Crippen LogP contribution >= 0.6 is 0 Å². The highest BCUT2D eigenvalue weighted by Gasteiger charge is 2.33. The second-order valence-electron chi connectivity index (χ2n) is 6.09. The van der Waals surface area contributed by atoms with Gasteiger partial charge in [0, 0.05) is 18.1 Å². The predicted molar refractivity (Wildman–Crippen MR) is 75.0 cm³/mol. The van der Waals surface area contributed by atoms with Gasteiger partial charge in [-0.15, -0.1) is 0 Å². The van der Waals surface area contributed by atoms with E-state index in [2.05, 4.69) is 17.1 Å². The molecule has 1 aliphatic rings. The Morgan fingerprint density at radius 2 is 2.21 bits per heavy atom. The predicted octanol–water partition coefficient (Wildman–Crippen LogP) is 0.761. The largest absolute Gasteiger partial charge is 0.394 e. The number of nitrogens with zero attached hydrogens (tertiary/aromatic N) is 1. The van der Waals surface area contributed by atoms with E-state index >= 15 is 0 Å². The van der Waals surface area contributed by atoms with Gasteiger partial charge in [0.2, 0.25) is 5.91 Å². The highest BCUT2D eigenvalue weighted by Crippen LogP contribution is 2.16. The van der Waals surface area contributed by atoms with Crippen LogP contribution in [0.25, 0.3) is 0 Å². The molecule has 0 bridgehead atoms. The molecule has 3 unspecified atom stereocenters. The van der Waals surface area contributed by atoms with Crippen molar-refractivity contribution in [1.82, 2.24) is 10.2 Å². The lowest BCUT2D eigenvalue weighted by atomic mass is 10.0. The summed E-state index contributed by atoms with van der Waals surface area (Å²) in [6.45, 7) is 11.2. The molecule has 1 heterocycles. The van der Waals surface area contributed by atoms with E-state index < -0.39 is 0 Å². The maximum atomic E-state index is 12.3. The number of ether oxygens (including phenoxy) is 1. The summed E-state index contributed by atoms with van der Waals surface area (Å²) in [4.78, 5) is 14.4. The number of nitrogens with one attached hydrogen (secondary N) is 1. The number of carbonyl (C=O) groups excluding carboxylic acids is 1. The molecule has 0 radical (unpaired) electrons. The Bertz CT molecular complexity index is 307. The van der Waals surface area contributed by atoms with Crippen molar-refractivity contribution in [1.29, 1.82) is 0 Å². The highest BCUT2D eigenvalue weighted by atomic mass is 16.5. The van der Waals surface area contributed by atoms with Crippen LogP contribution in [0.2, 0.25) is 0 Å². The summed E-state index contributed by atoms with van der Waals surface area (Å²) in [5.41, 5.74) is -0.183. The lowest BCUT2D eigenvalue weighted by Crippen LogP contribution is -2.59. The van der Waals surface area contributed by atoms with Gasteiger partial charge in [-0.2, -0.15) is 0 Å². The highest BCUT2D eigenvalue weighted by molar-refractivity contribution is 5.82. The molecule has 1 aliphatic heterocycles. The number of carbonyl (C=O) groups is 1. The van der Waals surface area contributed by atoms with Gasteiger partial charge in [0.25, 0.3) is 0 Å². The van der Waals surface area contributed by atoms with Crippen molar-refractivity contribution in [2.45, 2.75) is 64.8 Å². The topological polar surface area (TPSA) is 61.8 Å². The molecular weight excluding hydrogens is 244 g/mol. The maximum Gasteiger partial charge on any atom is 0.237 e. The molecule has 2 N–H and O–H groups in total. The van der Waals surface area contributed by atoms with E-state index in [1.54, 1.807) is 0 Å². The van der Waals surface area contributed by atoms with Crippen LogP contribution in [0.4, 0.5) is 0 Å². The fraction of sp³-hybridized carbons (Fsp3) is 0.929. The number of rotatable bonds is 5. The molecule has 1 amide bonds. The van der Waals surface area contributed by atoms with Gasteiger partial charge in [-0.3, -0.25) is 9.69 Å². The summed E-state index contributed by atoms with van der Waals surface area (Å²) >= 11 is 0. The monoisotopic (exact) mass is 272 g/mol. The zero-order chi connectivity index (χ0) is 14.6. The van der Waals surface area contributed by atoms with Gasteiger partial charge in [-0.25, -0.2) is 0 Å². The molecule has 0 aromatic carbocycles. The SMILES string of the molecule is CCC(C)(C)NC(=O)C(C)N1CC(CO)OCC1C. The summed E-state index contributed by atoms with van der Waals surface area (Å²) in [7, 11) is 0. The summed E-state index contributed by atoms with van der Waals surface area (Å²) in [5, 5.41) is 12.3. The van der Waals surface area contributed by atoms with Crippen LogP contribution in [0.15, 0.2) is 0 Å². The van der Waals surface area contributed by atoms with Crippen molar-refractivity contribution in [3.63, 3.8) is 0 Å². The first-order valence-electron chi connectivity index (χ1n) is 7.11. The van der Waals surface area contributed by atoms with Crippen LogP contribution in [0.1, 0.15) is 41.0 Å². The molecule has 5 heteroatoms. The van der Waals surface area contributed by atoms with Crippen molar-refractivity contribution in [3.8, 4) is 0 Å². The van der Waals surface area contributed by atoms with Crippen molar-refractivity contribution in [2.75, 3.05) is 19.8 Å². The summed E-state index contributed by atoms with van der Waals surface area (Å²) < 4.78 is 5.50. The Morgan fingerprint density at radius 3 is 2.74 bits per heavy atom. The minimum Gasteiger partial charge on any atom is -0.394 e. The summed E-state index contributed by atoms with van der Waals surface area (Å²) in [5.74, 6) is 0.0392. The van der Waals surface area contributed by atoms with Crippen LogP contribution in [0.3, 0.4) is 0 Å². The van der Waals surface area contributed by atoms with Gasteiger partial charge in [0.15, 0.2) is 0 Å². The van der Waals surface area contributed by atoms with Crippen molar-refractivity contribution in [2.24, 2.45) is 0 Å². The van der Waals surface area contributed by atoms with E-state index in [0.717, 1.165) is 6.42 Å². The van der Waals surface area contributed by atoms with E-state index in [4.69, 9.17) is 4.74 Å². The number of aliphatic hydroxyl groups is 1. The van der Waals surface area contributed by atoms with Gasteiger partial charge in [-0.1, -0.05) is 6.92 Å². The van der Waals surface area contributed by atoms with Crippen LogP contribution in [0, 0.1) is 0 Å². The Hall–Kier alpha value is -0.650. The minimum atomic E-state index is -0.209. The second kappa shape index (κ2) is 6.68. The quantitative estimate of drug-likeness (QED) is 0.776. The molecule has 1 rings (SSSR count). The maximum absolute atomic E-state index is 12.3. The van der Waals surface area contributed by atoms with Gasteiger partial charge < -0.3 is 15.2 Å². The molecule has 3 atom stereocenters. The first kappa shape index (κ1) is 16.4. The Kier molecular flexibility index (Phi) is 5.77. The fourth-order valence-electron chi connectivity index (χ4n) is 2.17. The van der Waals surface area contributed by atoms with Gasteiger partial charge in [0.05, 0.1) is 25.4 Å². The van der Waals surface area contributed by atoms with E-state index in [1.165, 1.54) is 0 Å². The average molecular weight is 272 g/mol. The number of amides is 1. The van der Waals surface area contributed by atoms with Gasteiger partial charge >= 0.3 is 0 Å². The smallest absolute Gasteiger partial charge is 0.237 e. The van der Waals surface area contributed by atoms with Crippen molar-refractivity contribution >= 4 is 5.91 Å². The third kappa shape index (κ3) is 4.44. The Balaban J connectivity index is 2.64. The third-order valence-electron chi connectivity index (χ3n) is 3.98. The first-order valence-corrected chi connectivity index (χ1v) is 7.11. The van der Waals surface area contributed by atoms with E-state index in [9.17, 15) is 9.90 Å². The zero-order valence-electron chi connectivity index (χ0n) is 12.8. The standard InChI is InChI=1S/C14H28N2O3/c1-6-14(4,5)15-13(18)11(3)16-7-12(8-17)19-9-10(16)2/h10-12,17H,6-9H2,1-5H3,(H,15,18). The molecule has 5 nitrogen and oxygen atoms in total. The first-order chi connectivity index (χ1) is 8.80. The molecule has 112 valence electrons. The van der Waals surface area contributed by atoms with E-state index in [-0.39, 0.29) is 36.2 Å². The molecule has 1 saturated heterocycles. The van der Waals surface area contributed by atoms with Crippen LogP contribution < -0.4 is 5.32 Å². The normalized spacial score (nSPS) is 27.1. The van der Waals surface area contributed by atoms with Gasteiger partial charge in [0.1, 0.15) is 0 Å². The summed E-state index contributed by atoms with van der Waals surface area (Å²) in [6, 6.07) is -0.0212. The zero-order valence-corrected chi connectivity index (χ0v) is 12.8. The lowest BCUT2D eigenvalue weighted by molar-refractivity contribution is -0.135. The fourth-order valence-corrected chi connectivity index (χ4v) is 2.17. The Labute approximate surface area is 116 Å². The summed E-state index contributed by atoms with van der Waals surface area (Å²) in [6.07, 6.45) is 0.703. The number of hydrogen-bond acceptors (Lipinski definition) is 4. The van der Waals surface area contributed by atoms with Crippen molar-refractivity contribution < 1.29 is 14.6 Å². The second-order valence-corrected chi connectivity index (χ2v) is 6.09. The molecule has 0 aromatic heterocycles. The van der Waals surface area contributed by atoms with Crippen LogP contribution in [0.5, 0.6) is 0 Å². The van der Waals surface area contributed by atoms with E-state index in [1.807, 2.05) is 27.7 Å². The van der Waals surface area contributed by atoms with Gasteiger partial charge in [-0.05, 0) is 34.1 Å². The third-order valence-corrected chi connectivity index (χ3v) is 3.98. The number of hydrogen-bond donors (Lipinski definition) is 2. The molecule has 1 fully saturated rings. The molecule has 0 spiro atoms.